The molecule has 0 saturated heterocycles. The van der Waals surface area contributed by atoms with E-state index in [2.05, 4.69) is 99.5 Å². The smallest absolute Gasteiger partial charge is 0.231 e. The third kappa shape index (κ3) is 9.79. The predicted octanol–water partition coefficient (Wildman–Crippen LogP) is -2.60. The molecule has 0 radical (unpaired) electrons. The average molecular weight is 659 g/mol. The normalized spacial score (nSPS) is 11.3. The summed E-state index contributed by atoms with van der Waals surface area (Å²) >= 11 is 6.25. The van der Waals surface area contributed by atoms with Crippen LogP contribution in [0, 0.1) is 20.5 Å². The van der Waals surface area contributed by atoms with Crippen LogP contribution in [0.5, 0.6) is 0 Å². The van der Waals surface area contributed by atoms with Gasteiger partial charge in [-0.15, -0.1) is 25.1 Å². The topological polar surface area (TPSA) is 218 Å². The van der Waals surface area contributed by atoms with E-state index in [1.165, 1.54) is 5.56 Å². The Morgan fingerprint density at radius 2 is 1.02 bits per heavy atom. The summed E-state index contributed by atoms with van der Waals surface area (Å²) < 4.78 is 70.2. The molecule has 6 rings (SSSR count). The van der Waals surface area contributed by atoms with Gasteiger partial charge in [-0.05, 0) is 47.5 Å². The van der Waals surface area contributed by atoms with Crippen LogP contribution in [-0.4, -0.2) is 4.98 Å². The highest BCUT2D eigenvalue weighted by Gasteiger charge is 2.30. The van der Waals surface area contributed by atoms with Gasteiger partial charge < -0.3 is 0 Å². The summed E-state index contributed by atoms with van der Waals surface area (Å²) in [4.78, 5) is 7.18. The van der Waals surface area contributed by atoms with Crippen molar-refractivity contribution in [2.75, 3.05) is 0 Å². The molecular weight excluding hydrogens is 637 g/mol. The van der Waals surface area contributed by atoms with Gasteiger partial charge in [0.1, 0.15) is 0 Å². The van der Waals surface area contributed by atoms with Crippen LogP contribution in [0.1, 0.15) is 0 Å². The van der Waals surface area contributed by atoms with Gasteiger partial charge in [-0.25, -0.2) is 47.2 Å². The van der Waals surface area contributed by atoms with Crippen molar-refractivity contribution in [1.82, 2.24) is 4.98 Å². The molecule has 4 aromatic carbocycles. The maximum atomic E-state index is 8.49. The molecule has 0 atom stereocenters. The fourth-order valence-electron chi connectivity index (χ4n) is 4.40. The number of rotatable bonds is 4. The molecule has 0 unspecified atom stereocenters. The van der Waals surface area contributed by atoms with Gasteiger partial charge in [0.15, 0.2) is 11.0 Å². The van der Waals surface area contributed by atoms with Crippen LogP contribution in [0.3, 0.4) is 0 Å². The van der Waals surface area contributed by atoms with Crippen LogP contribution >= 0.6 is 11.6 Å². The summed E-state index contributed by atoms with van der Waals surface area (Å²) in [5.74, 6) is 0.936. The molecule has 0 fully saturated rings. The SMILES string of the molecule is Clc1ccc(-[n+]2c(-c3ccccc3)cc(-c3ccccc3)cc2-c2[nH]c3ccccc3[nH+]2)cc1.[O-][Cl+3]([O-])([O-])[O-].[O-][Cl+3]([O-])([O-])[O-]. The number of pyridine rings is 1. The number of para-hydroxylation sites is 2. The van der Waals surface area contributed by atoms with Gasteiger partial charge in [0.05, 0.1) is 0 Å². The minimum Gasteiger partial charge on any atom is -0.231 e. The Balaban J connectivity index is 0.000000386. The fraction of sp³-hybridized carbons (Fsp3) is 0. The first kappa shape index (κ1) is 33.0. The highest BCUT2D eigenvalue weighted by molar-refractivity contribution is 6.30. The number of nitrogens with zero attached hydrogens (tertiary/aromatic N) is 1. The quantitative estimate of drug-likeness (QED) is 0.198. The van der Waals surface area contributed by atoms with Gasteiger partial charge in [0.2, 0.25) is 11.4 Å². The fourth-order valence-corrected chi connectivity index (χ4v) is 4.52. The molecule has 14 heteroatoms. The summed E-state index contributed by atoms with van der Waals surface area (Å²) in [5, 5.41) is 0.713. The molecule has 0 aliphatic carbocycles. The van der Waals surface area contributed by atoms with Crippen molar-refractivity contribution in [3.63, 3.8) is 0 Å². The van der Waals surface area contributed by atoms with Gasteiger partial charge in [-0.3, -0.25) is 0 Å². The van der Waals surface area contributed by atoms with Gasteiger partial charge >= 0.3 is 11.5 Å². The molecule has 0 saturated carbocycles. The van der Waals surface area contributed by atoms with Gasteiger partial charge in [0.25, 0.3) is 0 Å². The highest BCUT2D eigenvalue weighted by Crippen LogP contribution is 2.29. The number of nitrogens with one attached hydrogen (secondary N) is 2. The van der Waals surface area contributed by atoms with E-state index in [0.29, 0.717) is 5.02 Å². The number of halogens is 3. The number of hydrogen-bond donors (Lipinski definition) is 1. The minimum atomic E-state index is -4.94. The zero-order chi connectivity index (χ0) is 31.9. The van der Waals surface area contributed by atoms with Gasteiger partial charge in [0, 0.05) is 34.9 Å². The molecule has 44 heavy (non-hydrogen) atoms. The number of aromatic nitrogens is 3. The zero-order valence-corrected chi connectivity index (χ0v) is 24.7. The lowest BCUT2D eigenvalue weighted by molar-refractivity contribution is -2.00. The first-order chi connectivity index (χ1) is 20.8. The van der Waals surface area contributed by atoms with Crippen molar-refractivity contribution in [2.45, 2.75) is 0 Å². The summed E-state index contributed by atoms with van der Waals surface area (Å²) in [7, 11) is -9.89. The summed E-state index contributed by atoms with van der Waals surface area (Å²) in [6.45, 7) is 0. The van der Waals surface area contributed by atoms with Crippen molar-refractivity contribution in [3.8, 4) is 39.6 Å². The molecular formula is C30H22Cl3N3O8. The first-order valence-corrected chi connectivity index (χ1v) is 15.3. The van der Waals surface area contributed by atoms with E-state index in [9.17, 15) is 0 Å². The Kier molecular flexibility index (Phi) is 10.7. The highest BCUT2D eigenvalue weighted by atomic mass is 35.7. The van der Waals surface area contributed by atoms with Crippen LogP contribution < -0.4 is 46.8 Å². The average Bonchev–Trinajstić information content (AvgIpc) is 3.41. The third-order valence-electron chi connectivity index (χ3n) is 6.03. The Morgan fingerprint density at radius 3 is 1.57 bits per heavy atom. The number of fused-ring (bicyclic) bond motifs is 1. The molecule has 0 aliphatic rings. The van der Waals surface area contributed by atoms with E-state index in [0.717, 1.165) is 45.1 Å². The summed E-state index contributed by atoms with van der Waals surface area (Å²) in [5.41, 5.74) is 8.72. The van der Waals surface area contributed by atoms with Crippen LogP contribution in [-0.2, 0) is 0 Å². The van der Waals surface area contributed by atoms with Gasteiger partial charge in [-0.1, -0.05) is 72.3 Å². The van der Waals surface area contributed by atoms with E-state index in [1.54, 1.807) is 0 Å². The first-order valence-electron chi connectivity index (χ1n) is 12.5. The Morgan fingerprint density at radius 1 is 0.545 bits per heavy atom. The maximum absolute atomic E-state index is 8.49. The predicted molar refractivity (Wildman–Crippen MR) is 138 cm³/mol. The van der Waals surface area contributed by atoms with E-state index in [1.807, 2.05) is 36.4 Å². The number of aromatic amines is 2. The molecule has 0 amide bonds. The molecule has 0 spiro atoms. The number of hydrogen-bond acceptors (Lipinski definition) is 8. The Labute approximate surface area is 260 Å². The molecule has 11 nitrogen and oxygen atoms in total. The van der Waals surface area contributed by atoms with E-state index < -0.39 is 20.5 Å². The minimum absolute atomic E-state index is 0.713. The van der Waals surface area contributed by atoms with Crippen molar-refractivity contribution < 1.29 is 67.3 Å². The second-order valence-electron chi connectivity index (χ2n) is 8.98. The second-order valence-corrected chi connectivity index (χ2v) is 10.9. The lowest BCUT2D eigenvalue weighted by atomic mass is 10.0. The zero-order valence-electron chi connectivity index (χ0n) is 22.4. The molecule has 0 bridgehead atoms. The van der Waals surface area contributed by atoms with Gasteiger partial charge in [-0.2, -0.15) is 0 Å². The van der Waals surface area contributed by atoms with Crippen molar-refractivity contribution in [3.05, 3.63) is 126 Å². The van der Waals surface area contributed by atoms with Crippen LogP contribution in [0.4, 0.5) is 0 Å². The molecule has 6 aromatic rings. The van der Waals surface area contributed by atoms with Crippen molar-refractivity contribution in [1.29, 1.82) is 0 Å². The molecule has 226 valence electrons. The third-order valence-corrected chi connectivity index (χ3v) is 6.28. The van der Waals surface area contributed by atoms with Crippen LogP contribution in [0.15, 0.2) is 121 Å². The second kappa shape index (κ2) is 14.2. The lowest BCUT2D eigenvalue weighted by Gasteiger charge is -2.17. The number of H-pyrrole nitrogens is 2. The maximum Gasteiger partial charge on any atom is 0.351 e. The molecule has 2 aromatic heterocycles. The van der Waals surface area contributed by atoms with Crippen molar-refractivity contribution in [2.24, 2.45) is 0 Å². The lowest BCUT2D eigenvalue weighted by Crippen LogP contribution is -2.68. The standard InChI is InChI=1S/C30H20ClN3.2ClHO4/c31-24-15-17-25(18-16-24)34-28(22-11-5-2-6-12-22)19-23(21-9-3-1-4-10-21)20-29(34)30-32-26-13-7-8-14-27(26)33-30;2*2-1(3,4)5/h1-20H;2*(H,2,3,4,5). The number of imidazole rings is 1. The van der Waals surface area contributed by atoms with Crippen LogP contribution in [0.25, 0.3) is 50.6 Å². The number of benzene rings is 4. The van der Waals surface area contributed by atoms with Crippen LogP contribution in [0.2, 0.25) is 5.02 Å². The van der Waals surface area contributed by atoms with E-state index in [4.69, 9.17) is 48.9 Å². The summed E-state index contributed by atoms with van der Waals surface area (Å²) in [6, 6.07) is 41.7. The molecule has 2 heterocycles. The van der Waals surface area contributed by atoms with Crippen molar-refractivity contribution >= 4 is 22.6 Å². The molecule has 0 aliphatic heterocycles. The summed E-state index contributed by atoms with van der Waals surface area (Å²) in [6.07, 6.45) is 0. The monoisotopic (exact) mass is 657 g/mol. The molecule has 2 N–H and O–H groups in total. The largest absolute Gasteiger partial charge is 0.351 e. The van der Waals surface area contributed by atoms with E-state index >= 15 is 0 Å². The Bertz CT molecular complexity index is 1750. The Hall–Kier alpha value is -3.95. The van der Waals surface area contributed by atoms with E-state index in [-0.39, 0.29) is 0 Å².